The number of sulfone groups is 1. The molecule has 0 aliphatic rings. The Labute approximate surface area is 203 Å². The minimum atomic E-state index is -3.25. The highest BCUT2D eigenvalue weighted by Gasteiger charge is 2.21. The quantitative estimate of drug-likeness (QED) is 0.122. The van der Waals surface area contributed by atoms with Crippen LogP contribution in [0.25, 0.3) is 0 Å². The second-order valence-electron chi connectivity index (χ2n) is 7.96. The standard InChI is InChI=1S/C23H29N5O6S/c1-35(33,34)18-10-4-15(5-11-18)14-27-17-8-6-16(7-9-17)20(29)13-21(30)28(23(25)26)12-2-3-19(24)22(31)32/h4-11,19,27H,2-3,12-14,24H2,1H3,(H3,25,26)(H,31,32). The van der Waals surface area contributed by atoms with Crippen molar-refractivity contribution in [3.05, 3.63) is 59.7 Å². The first-order chi connectivity index (χ1) is 16.4. The number of carboxylic acids is 1. The van der Waals surface area contributed by atoms with Gasteiger partial charge < -0.3 is 21.9 Å². The molecule has 188 valence electrons. The number of nitrogens with zero attached hydrogens (tertiary/aromatic N) is 1. The van der Waals surface area contributed by atoms with Gasteiger partial charge in [-0.2, -0.15) is 0 Å². The predicted octanol–water partition coefficient (Wildman–Crippen LogP) is 1.19. The summed E-state index contributed by atoms with van der Waals surface area (Å²) in [6.07, 6.45) is 0.956. The number of carbonyl (C=O) groups is 3. The van der Waals surface area contributed by atoms with E-state index in [9.17, 15) is 22.8 Å². The van der Waals surface area contributed by atoms with E-state index in [4.69, 9.17) is 22.0 Å². The minimum Gasteiger partial charge on any atom is -0.480 e. The largest absolute Gasteiger partial charge is 0.480 e. The van der Waals surface area contributed by atoms with Crippen LogP contribution in [0.1, 0.15) is 35.2 Å². The van der Waals surface area contributed by atoms with Crippen LogP contribution < -0.4 is 16.8 Å². The maximum atomic E-state index is 12.5. The number of hydrogen-bond acceptors (Lipinski definition) is 8. The van der Waals surface area contributed by atoms with E-state index in [0.29, 0.717) is 12.1 Å². The van der Waals surface area contributed by atoms with Gasteiger partial charge >= 0.3 is 5.97 Å². The molecule has 2 aromatic rings. The Morgan fingerprint density at radius 2 is 1.69 bits per heavy atom. The smallest absolute Gasteiger partial charge is 0.320 e. The summed E-state index contributed by atoms with van der Waals surface area (Å²) >= 11 is 0. The van der Waals surface area contributed by atoms with Crippen molar-refractivity contribution in [1.29, 1.82) is 5.41 Å². The number of ketones is 1. The number of nitrogens with two attached hydrogens (primary N) is 2. The molecule has 0 spiro atoms. The second-order valence-corrected chi connectivity index (χ2v) is 9.98. The molecule has 0 saturated heterocycles. The summed E-state index contributed by atoms with van der Waals surface area (Å²) in [5.74, 6) is -2.81. The van der Waals surface area contributed by atoms with Gasteiger partial charge in [-0.05, 0) is 54.8 Å². The number of hydrogen-bond donors (Lipinski definition) is 5. The third-order valence-corrected chi connectivity index (χ3v) is 6.30. The molecule has 0 heterocycles. The van der Waals surface area contributed by atoms with E-state index in [0.717, 1.165) is 22.4 Å². The fraction of sp³-hybridized carbons (Fsp3) is 0.304. The van der Waals surface area contributed by atoms with Gasteiger partial charge in [-0.25, -0.2) is 8.42 Å². The zero-order chi connectivity index (χ0) is 26.2. The summed E-state index contributed by atoms with van der Waals surface area (Å²) in [6.45, 7) is 0.422. The van der Waals surface area contributed by atoms with Crippen LogP contribution in [-0.4, -0.2) is 60.9 Å². The van der Waals surface area contributed by atoms with Crippen molar-refractivity contribution >= 4 is 39.1 Å². The van der Waals surface area contributed by atoms with Gasteiger partial charge in [0.25, 0.3) is 0 Å². The van der Waals surface area contributed by atoms with Crippen LogP contribution >= 0.6 is 0 Å². The molecule has 0 saturated carbocycles. The van der Waals surface area contributed by atoms with Gasteiger partial charge in [0.05, 0.1) is 11.3 Å². The molecule has 0 bridgehead atoms. The Bertz CT molecular complexity index is 1180. The van der Waals surface area contributed by atoms with Gasteiger partial charge in [-0.1, -0.05) is 12.1 Å². The molecule has 1 unspecified atom stereocenters. The first kappa shape index (κ1) is 27.5. The lowest BCUT2D eigenvalue weighted by atomic mass is 10.1. The lowest BCUT2D eigenvalue weighted by Gasteiger charge is -2.20. The topological polar surface area (TPSA) is 197 Å². The predicted molar refractivity (Wildman–Crippen MR) is 131 cm³/mol. The molecule has 2 rings (SSSR count). The third-order valence-electron chi connectivity index (χ3n) is 5.17. The average Bonchev–Trinajstić information content (AvgIpc) is 2.79. The number of carbonyl (C=O) groups excluding carboxylic acids is 2. The number of aliphatic carboxylic acids is 1. The van der Waals surface area contributed by atoms with Gasteiger partial charge in [0, 0.05) is 30.6 Å². The highest BCUT2D eigenvalue weighted by atomic mass is 32.2. The zero-order valence-corrected chi connectivity index (χ0v) is 20.0. The molecule has 0 fully saturated rings. The number of benzene rings is 2. The fourth-order valence-corrected chi connectivity index (χ4v) is 3.77. The Hall–Kier alpha value is -3.77. The van der Waals surface area contributed by atoms with Crippen molar-refractivity contribution in [2.45, 2.75) is 36.7 Å². The van der Waals surface area contributed by atoms with Crippen LogP contribution in [0.5, 0.6) is 0 Å². The van der Waals surface area contributed by atoms with E-state index in [1.165, 1.54) is 12.1 Å². The molecular formula is C23H29N5O6S. The normalized spacial score (nSPS) is 11.9. The number of amides is 1. The molecule has 0 aliphatic heterocycles. The van der Waals surface area contributed by atoms with Gasteiger partial charge in [-0.3, -0.25) is 24.7 Å². The van der Waals surface area contributed by atoms with E-state index in [2.05, 4.69) is 5.32 Å². The zero-order valence-electron chi connectivity index (χ0n) is 19.2. The Morgan fingerprint density at radius 1 is 1.09 bits per heavy atom. The summed E-state index contributed by atoms with van der Waals surface area (Å²) in [4.78, 5) is 37.0. The van der Waals surface area contributed by atoms with Gasteiger partial charge in [0.1, 0.15) is 6.04 Å². The third kappa shape index (κ3) is 8.50. The number of guanidine groups is 1. The van der Waals surface area contributed by atoms with E-state index in [1.807, 2.05) is 0 Å². The van der Waals surface area contributed by atoms with Crippen LogP contribution in [0.4, 0.5) is 5.69 Å². The summed E-state index contributed by atoms with van der Waals surface area (Å²) in [5, 5.41) is 19.6. The first-order valence-corrected chi connectivity index (χ1v) is 12.6. The molecule has 1 atom stereocenters. The molecule has 11 nitrogen and oxygen atoms in total. The van der Waals surface area contributed by atoms with Crippen LogP contribution in [0.2, 0.25) is 0 Å². The van der Waals surface area contributed by atoms with Crippen molar-refractivity contribution in [1.82, 2.24) is 4.90 Å². The van der Waals surface area contributed by atoms with E-state index in [-0.39, 0.29) is 24.3 Å². The SMILES string of the molecule is CS(=O)(=O)c1ccc(CNc2ccc(C(=O)CC(=O)N(CCCC(N)C(=O)O)C(=N)N)cc2)cc1. The van der Waals surface area contributed by atoms with Crippen LogP contribution in [0.3, 0.4) is 0 Å². The molecule has 35 heavy (non-hydrogen) atoms. The van der Waals surface area contributed by atoms with Crippen molar-refractivity contribution in [3.63, 3.8) is 0 Å². The van der Waals surface area contributed by atoms with E-state index >= 15 is 0 Å². The Morgan fingerprint density at radius 3 is 2.20 bits per heavy atom. The maximum Gasteiger partial charge on any atom is 0.320 e. The Balaban J connectivity index is 1.91. The maximum absolute atomic E-state index is 12.5. The summed E-state index contributed by atoms with van der Waals surface area (Å²) in [7, 11) is -3.25. The van der Waals surface area contributed by atoms with E-state index in [1.54, 1.807) is 36.4 Å². The van der Waals surface area contributed by atoms with Crippen LogP contribution in [-0.2, 0) is 26.0 Å². The van der Waals surface area contributed by atoms with Gasteiger partial charge in [0.2, 0.25) is 5.91 Å². The van der Waals surface area contributed by atoms with Crippen molar-refractivity contribution in [3.8, 4) is 0 Å². The highest BCUT2D eigenvalue weighted by Crippen LogP contribution is 2.15. The Kier molecular flexibility index (Phi) is 9.49. The molecule has 0 aliphatic carbocycles. The number of anilines is 1. The van der Waals surface area contributed by atoms with Crippen LogP contribution in [0.15, 0.2) is 53.4 Å². The number of rotatable bonds is 12. The number of nitrogens with one attached hydrogen (secondary N) is 2. The van der Waals surface area contributed by atoms with Crippen molar-refractivity contribution < 1.29 is 27.9 Å². The molecular weight excluding hydrogens is 474 g/mol. The molecule has 0 aromatic heterocycles. The van der Waals surface area contributed by atoms with E-state index < -0.39 is 45.9 Å². The monoisotopic (exact) mass is 503 g/mol. The average molecular weight is 504 g/mol. The first-order valence-electron chi connectivity index (χ1n) is 10.7. The van der Waals surface area contributed by atoms with Gasteiger partial charge in [0.15, 0.2) is 21.6 Å². The summed E-state index contributed by atoms with van der Waals surface area (Å²) in [5.41, 5.74) is 12.8. The molecule has 7 N–H and O–H groups in total. The van der Waals surface area contributed by atoms with Crippen LogP contribution in [0, 0.1) is 5.41 Å². The number of Topliss-reactive ketones (excluding diaryl/α,β-unsaturated/α-hetero) is 1. The molecule has 0 radical (unpaired) electrons. The molecule has 12 heteroatoms. The lowest BCUT2D eigenvalue weighted by molar-refractivity contribution is -0.138. The van der Waals surface area contributed by atoms with Crippen molar-refractivity contribution in [2.24, 2.45) is 11.5 Å². The summed E-state index contributed by atoms with van der Waals surface area (Å²) < 4.78 is 23.1. The minimum absolute atomic E-state index is 0.0174. The van der Waals surface area contributed by atoms with Crippen molar-refractivity contribution in [2.75, 3.05) is 18.1 Å². The second kappa shape index (κ2) is 12.1. The summed E-state index contributed by atoms with van der Waals surface area (Å²) in [6, 6.07) is 11.9. The molecule has 1 amide bonds. The highest BCUT2D eigenvalue weighted by molar-refractivity contribution is 7.90. The lowest BCUT2D eigenvalue weighted by Crippen LogP contribution is -2.43. The fourth-order valence-electron chi connectivity index (χ4n) is 3.14. The molecule has 2 aromatic carbocycles. The number of carboxylic acid groups (broad SMARTS) is 1. The van der Waals surface area contributed by atoms with Gasteiger partial charge in [-0.15, -0.1) is 0 Å².